The Morgan fingerprint density at radius 1 is 1.23 bits per heavy atom. The van der Waals surface area contributed by atoms with Crippen molar-refractivity contribution in [2.24, 2.45) is 0 Å². The SMILES string of the molecule is Cc1ccc2c(c1)[C@@H](O)C[C@@H](C)N2C(=O)c1ccc(Br)cc1. The molecule has 2 aromatic rings. The monoisotopic (exact) mass is 359 g/mol. The minimum atomic E-state index is -0.515. The molecule has 1 N–H and O–H groups in total. The molecular weight excluding hydrogens is 342 g/mol. The van der Waals surface area contributed by atoms with Crippen LogP contribution in [0.3, 0.4) is 0 Å². The maximum absolute atomic E-state index is 12.9. The van der Waals surface area contributed by atoms with E-state index in [9.17, 15) is 9.90 Å². The quantitative estimate of drug-likeness (QED) is 0.827. The van der Waals surface area contributed by atoms with Crippen LogP contribution in [-0.2, 0) is 0 Å². The van der Waals surface area contributed by atoms with Crippen molar-refractivity contribution in [3.05, 3.63) is 63.6 Å². The Hall–Kier alpha value is -1.65. The van der Waals surface area contributed by atoms with Crippen LogP contribution in [-0.4, -0.2) is 17.1 Å². The number of amides is 1. The van der Waals surface area contributed by atoms with Crippen LogP contribution >= 0.6 is 15.9 Å². The standard InChI is InChI=1S/C18H18BrNO2/c1-11-3-8-16-15(9-11)17(21)10-12(2)20(16)18(22)13-4-6-14(19)7-5-13/h3-9,12,17,21H,10H2,1-2H3/t12-,17+/m1/s1. The number of carbonyl (C=O) groups is 1. The normalized spacial score (nSPS) is 20.6. The predicted molar refractivity (Wildman–Crippen MR) is 91.2 cm³/mol. The number of aliphatic hydroxyl groups is 1. The van der Waals surface area contributed by atoms with Gasteiger partial charge in [-0.1, -0.05) is 33.6 Å². The third-order valence-electron chi connectivity index (χ3n) is 4.12. The van der Waals surface area contributed by atoms with E-state index >= 15 is 0 Å². The Bertz CT molecular complexity index is 712. The van der Waals surface area contributed by atoms with Crippen LogP contribution in [0, 0.1) is 6.92 Å². The largest absolute Gasteiger partial charge is 0.388 e. The number of hydrogen-bond donors (Lipinski definition) is 1. The van der Waals surface area contributed by atoms with Gasteiger partial charge in [0.25, 0.3) is 5.91 Å². The lowest BCUT2D eigenvalue weighted by Crippen LogP contribution is -2.43. The van der Waals surface area contributed by atoms with Gasteiger partial charge >= 0.3 is 0 Å². The number of anilines is 1. The fraction of sp³-hybridized carbons (Fsp3) is 0.278. The van der Waals surface area contributed by atoms with E-state index in [0.29, 0.717) is 12.0 Å². The van der Waals surface area contributed by atoms with Crippen LogP contribution in [0.4, 0.5) is 5.69 Å². The van der Waals surface area contributed by atoms with Crippen LogP contribution in [0.25, 0.3) is 0 Å². The summed E-state index contributed by atoms with van der Waals surface area (Å²) < 4.78 is 0.946. The second-order valence-electron chi connectivity index (χ2n) is 5.84. The summed E-state index contributed by atoms with van der Waals surface area (Å²) in [6.45, 7) is 3.97. The maximum Gasteiger partial charge on any atom is 0.258 e. The van der Waals surface area contributed by atoms with Crippen molar-refractivity contribution in [3.63, 3.8) is 0 Å². The minimum Gasteiger partial charge on any atom is -0.388 e. The molecule has 1 amide bonds. The van der Waals surface area contributed by atoms with Gasteiger partial charge in [-0.2, -0.15) is 0 Å². The molecule has 1 aliphatic heterocycles. The Labute approximate surface area is 138 Å². The molecule has 1 heterocycles. The smallest absolute Gasteiger partial charge is 0.258 e. The number of aryl methyl sites for hydroxylation is 1. The van der Waals surface area contributed by atoms with Crippen LogP contribution in [0.1, 0.15) is 40.9 Å². The van der Waals surface area contributed by atoms with Crippen molar-refractivity contribution in [1.29, 1.82) is 0 Å². The molecule has 1 aliphatic rings. The van der Waals surface area contributed by atoms with Crippen LogP contribution in [0.5, 0.6) is 0 Å². The number of hydrogen-bond acceptors (Lipinski definition) is 2. The van der Waals surface area contributed by atoms with Gasteiger partial charge in [0.1, 0.15) is 0 Å². The first-order valence-electron chi connectivity index (χ1n) is 7.35. The number of nitrogens with zero attached hydrogens (tertiary/aromatic N) is 1. The van der Waals surface area contributed by atoms with Crippen molar-refractivity contribution in [2.45, 2.75) is 32.4 Å². The molecule has 2 atom stereocenters. The average Bonchev–Trinajstić information content (AvgIpc) is 2.48. The van der Waals surface area contributed by atoms with E-state index in [1.54, 1.807) is 4.90 Å². The zero-order valence-corrected chi connectivity index (χ0v) is 14.2. The average molecular weight is 360 g/mol. The summed E-state index contributed by atoms with van der Waals surface area (Å²) in [5.74, 6) is -0.0306. The van der Waals surface area contributed by atoms with Gasteiger partial charge in [0.2, 0.25) is 0 Å². The van der Waals surface area contributed by atoms with Crippen molar-refractivity contribution in [2.75, 3.05) is 4.90 Å². The van der Waals surface area contributed by atoms with Gasteiger partial charge in [0.15, 0.2) is 0 Å². The first-order chi connectivity index (χ1) is 10.5. The van der Waals surface area contributed by atoms with Crippen LogP contribution in [0.2, 0.25) is 0 Å². The molecule has 0 radical (unpaired) electrons. The van der Waals surface area contributed by atoms with Gasteiger partial charge < -0.3 is 10.0 Å². The Balaban J connectivity index is 2.04. The number of halogens is 1. The number of carbonyl (C=O) groups excluding carboxylic acids is 1. The summed E-state index contributed by atoms with van der Waals surface area (Å²) in [7, 11) is 0. The lowest BCUT2D eigenvalue weighted by molar-refractivity contribution is 0.0949. The summed E-state index contributed by atoms with van der Waals surface area (Å²) in [6.07, 6.45) is 0.0393. The zero-order valence-electron chi connectivity index (χ0n) is 12.6. The molecule has 0 aromatic heterocycles. The number of rotatable bonds is 1. The highest BCUT2D eigenvalue weighted by molar-refractivity contribution is 9.10. The first-order valence-corrected chi connectivity index (χ1v) is 8.14. The summed E-state index contributed by atoms with van der Waals surface area (Å²) in [5.41, 5.74) is 3.38. The second-order valence-corrected chi connectivity index (χ2v) is 6.76. The van der Waals surface area contributed by atoms with Gasteiger partial charge in [0.05, 0.1) is 11.8 Å². The molecule has 3 nitrogen and oxygen atoms in total. The lowest BCUT2D eigenvalue weighted by atomic mass is 9.92. The van der Waals surface area contributed by atoms with Crippen molar-refractivity contribution in [1.82, 2.24) is 0 Å². The highest BCUT2D eigenvalue weighted by Crippen LogP contribution is 2.38. The highest BCUT2D eigenvalue weighted by atomic mass is 79.9. The molecule has 0 saturated carbocycles. The fourth-order valence-electron chi connectivity index (χ4n) is 2.99. The van der Waals surface area contributed by atoms with Crippen molar-refractivity contribution < 1.29 is 9.90 Å². The summed E-state index contributed by atoms with van der Waals surface area (Å²) in [5, 5.41) is 10.3. The molecular formula is C18H18BrNO2. The molecule has 3 rings (SSSR count). The van der Waals surface area contributed by atoms with Crippen LogP contribution in [0.15, 0.2) is 46.9 Å². The van der Waals surface area contributed by atoms with Gasteiger partial charge in [-0.15, -0.1) is 0 Å². The van der Waals surface area contributed by atoms with Crippen molar-refractivity contribution >= 4 is 27.5 Å². The van der Waals surface area contributed by atoms with E-state index in [-0.39, 0.29) is 11.9 Å². The second kappa shape index (κ2) is 5.86. The molecule has 114 valence electrons. The molecule has 0 spiro atoms. The van der Waals surface area contributed by atoms with E-state index in [2.05, 4.69) is 15.9 Å². The molecule has 22 heavy (non-hydrogen) atoms. The molecule has 0 aliphatic carbocycles. The topological polar surface area (TPSA) is 40.5 Å². The summed E-state index contributed by atoms with van der Waals surface area (Å²) in [6, 6.07) is 13.2. The van der Waals surface area contributed by atoms with E-state index in [0.717, 1.165) is 21.3 Å². The fourth-order valence-corrected chi connectivity index (χ4v) is 3.26. The summed E-state index contributed by atoms with van der Waals surface area (Å²) in [4.78, 5) is 14.7. The molecule has 0 saturated heterocycles. The minimum absolute atomic E-state index is 0.0306. The molecule has 2 aromatic carbocycles. The highest BCUT2D eigenvalue weighted by Gasteiger charge is 2.33. The molecule has 4 heteroatoms. The molecule has 0 bridgehead atoms. The molecule has 0 fully saturated rings. The number of aliphatic hydroxyl groups excluding tert-OH is 1. The van der Waals surface area contributed by atoms with Gasteiger partial charge in [-0.25, -0.2) is 0 Å². The maximum atomic E-state index is 12.9. The van der Waals surface area contributed by atoms with Crippen molar-refractivity contribution in [3.8, 4) is 0 Å². The van der Waals surface area contributed by atoms with E-state index in [4.69, 9.17) is 0 Å². The third-order valence-corrected chi connectivity index (χ3v) is 4.65. The predicted octanol–water partition coefficient (Wildman–Crippen LogP) is 4.23. The van der Waals surface area contributed by atoms with Gasteiger partial charge in [0, 0.05) is 21.6 Å². The Morgan fingerprint density at radius 3 is 2.59 bits per heavy atom. The summed E-state index contributed by atoms with van der Waals surface area (Å²) >= 11 is 3.39. The zero-order chi connectivity index (χ0) is 15.9. The van der Waals surface area contributed by atoms with Gasteiger partial charge in [-0.05, 0) is 50.6 Å². The Kier molecular flexibility index (Phi) is 4.06. The van der Waals surface area contributed by atoms with E-state index < -0.39 is 6.10 Å². The number of benzene rings is 2. The lowest BCUT2D eigenvalue weighted by Gasteiger charge is -2.38. The van der Waals surface area contributed by atoms with E-state index in [1.165, 1.54) is 0 Å². The van der Waals surface area contributed by atoms with Crippen LogP contribution < -0.4 is 4.90 Å². The number of fused-ring (bicyclic) bond motifs is 1. The Morgan fingerprint density at radius 2 is 1.91 bits per heavy atom. The molecule has 0 unspecified atom stereocenters. The van der Waals surface area contributed by atoms with E-state index in [1.807, 2.05) is 56.3 Å². The third kappa shape index (κ3) is 2.69. The first kappa shape index (κ1) is 15.3. The van der Waals surface area contributed by atoms with Gasteiger partial charge in [-0.3, -0.25) is 4.79 Å².